The first-order chi connectivity index (χ1) is 6.11. The van der Waals surface area contributed by atoms with Gasteiger partial charge in [0.05, 0.1) is 5.56 Å². The average Bonchev–Trinajstić information content (AvgIpc) is 2.03. The minimum Gasteiger partial charge on any atom is -0.383 e. The lowest BCUT2D eigenvalue weighted by molar-refractivity contribution is 0.100. The van der Waals surface area contributed by atoms with Gasteiger partial charge in [-0.15, -0.1) is 0 Å². The summed E-state index contributed by atoms with van der Waals surface area (Å²) in [5.74, 6) is -0.781. The molecule has 13 heavy (non-hydrogen) atoms. The largest absolute Gasteiger partial charge is 0.383 e. The van der Waals surface area contributed by atoms with E-state index in [2.05, 4.69) is 9.98 Å². The Kier molecular flexibility index (Phi) is 2.44. The van der Waals surface area contributed by atoms with Crippen LogP contribution in [0.25, 0.3) is 0 Å². The maximum atomic E-state index is 11.2. The second-order valence-corrected chi connectivity index (χ2v) is 2.28. The van der Waals surface area contributed by atoms with E-state index in [1.54, 1.807) is 6.07 Å². The van der Waals surface area contributed by atoms with Gasteiger partial charge in [0, 0.05) is 6.20 Å². The molecule has 6 N–H and O–H groups in total. The Morgan fingerprint density at radius 3 is 2.69 bits per heavy atom. The molecule has 0 aliphatic carbocycles. The molecule has 0 spiro atoms. The van der Waals surface area contributed by atoms with Crippen LogP contribution in [0.5, 0.6) is 0 Å². The Hall–Kier alpha value is -2.11. The molecule has 0 fully saturated rings. The standard InChI is InChI=1S/C7H9N5O/c8-5-4(2-1-3-11-5)6(13)12-7(9)10/h1-3H,(H2,8,11)(H4,9,10,12,13). The maximum absolute atomic E-state index is 11.2. The van der Waals surface area contributed by atoms with Gasteiger partial charge in [0.1, 0.15) is 5.82 Å². The lowest BCUT2D eigenvalue weighted by Crippen LogP contribution is -2.24. The molecule has 0 aromatic carbocycles. The monoisotopic (exact) mass is 179 g/mol. The van der Waals surface area contributed by atoms with E-state index in [1.165, 1.54) is 12.3 Å². The summed E-state index contributed by atoms with van der Waals surface area (Å²) in [6.07, 6.45) is 1.47. The Morgan fingerprint density at radius 2 is 2.15 bits per heavy atom. The van der Waals surface area contributed by atoms with E-state index >= 15 is 0 Å². The van der Waals surface area contributed by atoms with Crippen molar-refractivity contribution in [2.24, 2.45) is 16.5 Å². The van der Waals surface area contributed by atoms with Crippen molar-refractivity contribution in [1.29, 1.82) is 0 Å². The van der Waals surface area contributed by atoms with Crippen LogP contribution in [0.1, 0.15) is 10.4 Å². The van der Waals surface area contributed by atoms with Crippen LogP contribution >= 0.6 is 0 Å². The molecule has 0 atom stereocenters. The molecule has 0 unspecified atom stereocenters. The van der Waals surface area contributed by atoms with Gasteiger partial charge in [0.25, 0.3) is 5.91 Å². The fourth-order valence-electron chi connectivity index (χ4n) is 0.776. The second kappa shape index (κ2) is 3.53. The minimum absolute atomic E-state index is 0.109. The second-order valence-electron chi connectivity index (χ2n) is 2.28. The molecule has 0 bridgehead atoms. The maximum Gasteiger partial charge on any atom is 0.283 e. The number of carbonyl (C=O) groups is 1. The highest BCUT2D eigenvalue weighted by Crippen LogP contribution is 2.07. The first kappa shape index (κ1) is 8.98. The van der Waals surface area contributed by atoms with Gasteiger partial charge in [0.15, 0.2) is 5.96 Å². The highest BCUT2D eigenvalue weighted by molar-refractivity contribution is 6.04. The number of rotatable bonds is 1. The van der Waals surface area contributed by atoms with E-state index < -0.39 is 5.91 Å². The van der Waals surface area contributed by atoms with Crippen molar-refractivity contribution in [2.75, 3.05) is 5.73 Å². The molecule has 1 aromatic rings. The van der Waals surface area contributed by atoms with E-state index in [4.69, 9.17) is 17.2 Å². The number of nitrogen functional groups attached to an aromatic ring is 1. The predicted molar refractivity (Wildman–Crippen MR) is 48.8 cm³/mol. The molecule has 6 nitrogen and oxygen atoms in total. The molecule has 1 heterocycles. The van der Waals surface area contributed by atoms with Crippen LogP contribution < -0.4 is 17.2 Å². The summed E-state index contributed by atoms with van der Waals surface area (Å²) in [6, 6.07) is 3.07. The molecule has 6 heteroatoms. The molecule has 0 aliphatic heterocycles. The molecular formula is C7H9N5O. The van der Waals surface area contributed by atoms with Crippen molar-refractivity contribution in [3.8, 4) is 0 Å². The number of carbonyl (C=O) groups excluding carboxylic acids is 1. The summed E-state index contributed by atoms with van der Waals surface area (Å²) in [7, 11) is 0. The fourth-order valence-corrected chi connectivity index (χ4v) is 0.776. The lowest BCUT2D eigenvalue weighted by atomic mass is 10.2. The lowest BCUT2D eigenvalue weighted by Gasteiger charge is -1.98. The van der Waals surface area contributed by atoms with Gasteiger partial charge in [-0.2, -0.15) is 4.99 Å². The number of hydrogen-bond donors (Lipinski definition) is 3. The van der Waals surface area contributed by atoms with Gasteiger partial charge in [-0.1, -0.05) is 0 Å². The first-order valence-corrected chi connectivity index (χ1v) is 3.45. The average molecular weight is 179 g/mol. The molecule has 68 valence electrons. The smallest absolute Gasteiger partial charge is 0.283 e. The van der Waals surface area contributed by atoms with E-state index in [1.807, 2.05) is 0 Å². The highest BCUT2D eigenvalue weighted by Gasteiger charge is 2.08. The van der Waals surface area contributed by atoms with Crippen LogP contribution in [0.15, 0.2) is 23.3 Å². The molecule has 0 saturated carbocycles. The van der Waals surface area contributed by atoms with Crippen LogP contribution in [0.4, 0.5) is 5.82 Å². The van der Waals surface area contributed by atoms with Crippen LogP contribution in [0, 0.1) is 0 Å². The zero-order chi connectivity index (χ0) is 9.84. The Morgan fingerprint density at radius 1 is 1.46 bits per heavy atom. The number of nitrogens with two attached hydrogens (primary N) is 3. The number of anilines is 1. The molecular weight excluding hydrogens is 170 g/mol. The fraction of sp³-hybridized carbons (Fsp3) is 0. The van der Waals surface area contributed by atoms with Gasteiger partial charge >= 0.3 is 0 Å². The highest BCUT2D eigenvalue weighted by atomic mass is 16.1. The Balaban J connectivity index is 3.03. The first-order valence-electron chi connectivity index (χ1n) is 3.45. The molecule has 0 aliphatic rings. The van der Waals surface area contributed by atoms with Gasteiger partial charge in [0.2, 0.25) is 0 Å². The number of nitrogens with zero attached hydrogens (tertiary/aromatic N) is 2. The number of amides is 1. The Bertz CT molecular complexity index is 356. The third kappa shape index (κ3) is 2.16. The van der Waals surface area contributed by atoms with Crippen molar-refractivity contribution >= 4 is 17.7 Å². The Labute approximate surface area is 74.5 Å². The SMILES string of the molecule is NC(N)=NC(=O)c1cccnc1N. The molecule has 1 amide bonds. The van der Waals surface area contributed by atoms with Crippen molar-refractivity contribution in [3.05, 3.63) is 23.9 Å². The summed E-state index contributed by atoms with van der Waals surface area (Å²) in [5.41, 5.74) is 15.7. The van der Waals surface area contributed by atoms with Gasteiger partial charge in [-0.25, -0.2) is 4.98 Å². The van der Waals surface area contributed by atoms with Gasteiger partial charge < -0.3 is 17.2 Å². The normalized spacial score (nSPS) is 9.23. The summed E-state index contributed by atoms with van der Waals surface area (Å²) in [6.45, 7) is 0. The summed E-state index contributed by atoms with van der Waals surface area (Å²) in [5, 5.41) is 0. The third-order valence-corrected chi connectivity index (χ3v) is 1.30. The van der Waals surface area contributed by atoms with Gasteiger partial charge in [-0.3, -0.25) is 4.79 Å². The van der Waals surface area contributed by atoms with E-state index in [9.17, 15) is 4.79 Å². The molecule has 1 rings (SSSR count). The number of hydrogen-bond acceptors (Lipinski definition) is 3. The van der Waals surface area contributed by atoms with Crippen LogP contribution in [0.3, 0.4) is 0 Å². The summed E-state index contributed by atoms with van der Waals surface area (Å²) >= 11 is 0. The minimum atomic E-state index is -0.592. The number of aromatic nitrogens is 1. The number of guanidine groups is 1. The predicted octanol–water partition coefficient (Wildman–Crippen LogP) is -0.923. The molecule has 1 aromatic heterocycles. The quantitative estimate of drug-likeness (QED) is 0.380. The number of aliphatic imine (C=N–C) groups is 1. The van der Waals surface area contributed by atoms with Crippen molar-refractivity contribution in [2.45, 2.75) is 0 Å². The number of pyridine rings is 1. The van der Waals surface area contributed by atoms with Crippen molar-refractivity contribution < 1.29 is 4.79 Å². The van der Waals surface area contributed by atoms with E-state index in [0.717, 1.165) is 0 Å². The molecule has 0 radical (unpaired) electrons. The van der Waals surface area contributed by atoms with Crippen molar-refractivity contribution in [3.63, 3.8) is 0 Å². The van der Waals surface area contributed by atoms with Crippen LogP contribution in [-0.2, 0) is 0 Å². The van der Waals surface area contributed by atoms with E-state index in [-0.39, 0.29) is 17.3 Å². The zero-order valence-corrected chi connectivity index (χ0v) is 6.77. The summed E-state index contributed by atoms with van der Waals surface area (Å²) < 4.78 is 0. The summed E-state index contributed by atoms with van der Waals surface area (Å²) in [4.78, 5) is 18.2. The van der Waals surface area contributed by atoms with Crippen LogP contribution in [0.2, 0.25) is 0 Å². The zero-order valence-electron chi connectivity index (χ0n) is 6.77. The third-order valence-electron chi connectivity index (χ3n) is 1.30. The van der Waals surface area contributed by atoms with E-state index in [0.29, 0.717) is 0 Å². The molecule has 0 saturated heterocycles. The topological polar surface area (TPSA) is 120 Å². The van der Waals surface area contributed by atoms with Crippen molar-refractivity contribution in [1.82, 2.24) is 4.98 Å². The van der Waals surface area contributed by atoms with Gasteiger partial charge in [-0.05, 0) is 12.1 Å². The van der Waals surface area contributed by atoms with Crippen LogP contribution in [-0.4, -0.2) is 16.9 Å².